The third-order valence-corrected chi connectivity index (χ3v) is 4.82. The van der Waals surface area contributed by atoms with Crippen molar-refractivity contribution in [3.8, 4) is 0 Å². The number of amides is 2. The molecule has 1 atom stereocenters. The van der Waals surface area contributed by atoms with Gasteiger partial charge in [-0.05, 0) is 36.2 Å². The highest BCUT2D eigenvalue weighted by Crippen LogP contribution is 2.26. The van der Waals surface area contributed by atoms with Gasteiger partial charge in [0.2, 0.25) is 5.91 Å². The Labute approximate surface area is 172 Å². The zero-order valence-corrected chi connectivity index (χ0v) is 16.4. The second kappa shape index (κ2) is 9.17. The Morgan fingerprint density at radius 1 is 1.17 bits per heavy atom. The number of carbonyl (C=O) groups is 3. The number of nitrogens with zero attached hydrogens (tertiary/aromatic N) is 2. The van der Waals surface area contributed by atoms with Crippen LogP contribution in [0.25, 0.3) is 0 Å². The van der Waals surface area contributed by atoms with Crippen molar-refractivity contribution in [3.05, 3.63) is 64.2 Å². The van der Waals surface area contributed by atoms with Crippen LogP contribution in [0.2, 0.25) is 0 Å². The number of esters is 1. The first-order valence-corrected chi connectivity index (χ1v) is 9.47. The van der Waals surface area contributed by atoms with Crippen molar-refractivity contribution in [3.63, 3.8) is 0 Å². The summed E-state index contributed by atoms with van der Waals surface area (Å²) in [4.78, 5) is 48.2. The maximum Gasteiger partial charge on any atom is 0.311 e. The van der Waals surface area contributed by atoms with Crippen LogP contribution in [0, 0.1) is 16.0 Å². The number of nitro groups is 1. The lowest BCUT2D eigenvalue weighted by molar-refractivity contribution is -0.384. The molecule has 1 N–H and O–H groups in total. The molecular weight excluding hydrogens is 390 g/mol. The molecule has 1 fully saturated rings. The summed E-state index contributed by atoms with van der Waals surface area (Å²) in [6.07, 6.45) is 0.920. The molecule has 156 valence electrons. The summed E-state index contributed by atoms with van der Waals surface area (Å²) >= 11 is 0. The normalized spacial score (nSPS) is 15.7. The van der Waals surface area contributed by atoms with Gasteiger partial charge < -0.3 is 15.0 Å². The van der Waals surface area contributed by atoms with Gasteiger partial charge in [0, 0.05) is 36.5 Å². The minimum atomic E-state index is -0.643. The molecule has 0 aliphatic carbocycles. The van der Waals surface area contributed by atoms with Crippen molar-refractivity contribution >= 4 is 34.8 Å². The molecule has 2 aromatic carbocycles. The Bertz CT molecular complexity index is 956. The molecule has 0 bridgehead atoms. The predicted molar refractivity (Wildman–Crippen MR) is 109 cm³/mol. The molecule has 1 aliphatic rings. The summed E-state index contributed by atoms with van der Waals surface area (Å²) in [5.41, 5.74) is 2.13. The van der Waals surface area contributed by atoms with E-state index in [0.29, 0.717) is 5.69 Å². The largest absolute Gasteiger partial charge is 0.455 e. The molecule has 1 saturated heterocycles. The number of nitro benzene ring substituents is 1. The topological polar surface area (TPSA) is 119 Å². The van der Waals surface area contributed by atoms with Gasteiger partial charge in [0.05, 0.1) is 10.8 Å². The highest BCUT2D eigenvalue weighted by atomic mass is 16.6. The van der Waals surface area contributed by atoms with Crippen LogP contribution >= 0.6 is 0 Å². The summed E-state index contributed by atoms with van der Waals surface area (Å²) < 4.78 is 5.05. The Morgan fingerprint density at radius 3 is 2.43 bits per heavy atom. The number of hydrogen-bond donors (Lipinski definition) is 1. The molecule has 0 radical (unpaired) electrons. The molecule has 0 spiro atoms. The number of non-ortho nitro benzene ring substituents is 1. The smallest absolute Gasteiger partial charge is 0.311 e. The van der Waals surface area contributed by atoms with Crippen molar-refractivity contribution in [1.29, 1.82) is 0 Å². The van der Waals surface area contributed by atoms with E-state index in [-0.39, 0.29) is 24.6 Å². The summed E-state index contributed by atoms with van der Waals surface area (Å²) in [7, 11) is 0. The lowest BCUT2D eigenvalue weighted by Gasteiger charge is -2.17. The molecule has 0 saturated carbocycles. The first-order valence-electron chi connectivity index (χ1n) is 9.47. The van der Waals surface area contributed by atoms with Crippen molar-refractivity contribution < 1.29 is 24.0 Å². The molecule has 2 aromatic rings. The van der Waals surface area contributed by atoms with Crippen LogP contribution in [0.5, 0.6) is 0 Å². The quantitative estimate of drug-likeness (QED) is 0.425. The van der Waals surface area contributed by atoms with E-state index in [1.807, 2.05) is 31.2 Å². The highest BCUT2D eigenvalue weighted by molar-refractivity contribution is 6.00. The molecule has 0 unspecified atom stereocenters. The highest BCUT2D eigenvalue weighted by Gasteiger charge is 2.36. The van der Waals surface area contributed by atoms with Gasteiger partial charge in [-0.2, -0.15) is 0 Å². The van der Waals surface area contributed by atoms with Crippen molar-refractivity contribution in [2.75, 3.05) is 23.4 Å². The van der Waals surface area contributed by atoms with Gasteiger partial charge in [0.25, 0.3) is 11.6 Å². The fourth-order valence-electron chi connectivity index (χ4n) is 3.14. The molecule has 1 heterocycles. The Hall–Kier alpha value is -3.75. The van der Waals surface area contributed by atoms with Crippen molar-refractivity contribution in [2.24, 2.45) is 5.92 Å². The SMILES string of the molecule is CCc1ccc(N2C[C@@H](C(=O)OCC(=O)Nc3ccc([N+](=O)[O-])cc3)CC2=O)cc1. The van der Waals surface area contributed by atoms with Crippen LogP contribution in [0.3, 0.4) is 0 Å². The van der Waals surface area contributed by atoms with Gasteiger partial charge in [-0.25, -0.2) is 0 Å². The zero-order valence-electron chi connectivity index (χ0n) is 16.4. The maximum absolute atomic E-state index is 12.3. The Kier molecular flexibility index (Phi) is 6.41. The van der Waals surface area contributed by atoms with Crippen LogP contribution in [0.1, 0.15) is 18.9 Å². The zero-order chi connectivity index (χ0) is 21.7. The van der Waals surface area contributed by atoms with Gasteiger partial charge >= 0.3 is 5.97 Å². The van der Waals surface area contributed by atoms with Crippen LogP contribution in [-0.2, 0) is 25.5 Å². The van der Waals surface area contributed by atoms with Crippen LogP contribution in [0.4, 0.5) is 17.1 Å². The number of aryl methyl sites for hydroxylation is 1. The fraction of sp³-hybridized carbons (Fsp3) is 0.286. The standard InChI is InChI=1S/C21H21N3O6/c1-2-14-3-7-17(8-4-14)23-12-15(11-20(23)26)21(27)30-13-19(25)22-16-5-9-18(10-6-16)24(28)29/h3-10,15H,2,11-13H2,1H3,(H,22,25)/t15-/m0/s1. The van der Waals surface area contributed by atoms with Crippen LogP contribution < -0.4 is 10.2 Å². The summed E-state index contributed by atoms with van der Waals surface area (Å²) in [5, 5.41) is 13.1. The number of carbonyl (C=O) groups excluding carboxylic acids is 3. The Balaban J connectivity index is 1.50. The third-order valence-electron chi connectivity index (χ3n) is 4.82. The van der Waals surface area contributed by atoms with E-state index in [0.717, 1.165) is 17.7 Å². The van der Waals surface area contributed by atoms with E-state index in [1.165, 1.54) is 24.3 Å². The minimum absolute atomic E-state index is 0.0261. The second-order valence-electron chi connectivity index (χ2n) is 6.89. The molecule has 1 aliphatic heterocycles. The number of hydrogen-bond acceptors (Lipinski definition) is 6. The average molecular weight is 411 g/mol. The fourth-order valence-corrected chi connectivity index (χ4v) is 3.14. The van der Waals surface area contributed by atoms with Crippen molar-refractivity contribution in [1.82, 2.24) is 0 Å². The first-order chi connectivity index (χ1) is 14.4. The molecule has 3 rings (SSSR count). The maximum atomic E-state index is 12.3. The number of ether oxygens (including phenoxy) is 1. The van der Waals surface area contributed by atoms with E-state index in [2.05, 4.69) is 5.32 Å². The predicted octanol–water partition coefficient (Wildman–Crippen LogP) is 2.69. The lowest BCUT2D eigenvalue weighted by atomic mass is 10.1. The lowest BCUT2D eigenvalue weighted by Crippen LogP contribution is -2.28. The van der Waals surface area contributed by atoms with E-state index in [4.69, 9.17) is 4.74 Å². The number of nitrogens with one attached hydrogen (secondary N) is 1. The Morgan fingerprint density at radius 2 is 1.83 bits per heavy atom. The number of benzene rings is 2. The van der Waals surface area contributed by atoms with E-state index >= 15 is 0 Å². The molecular formula is C21H21N3O6. The van der Waals surface area contributed by atoms with Gasteiger partial charge in [-0.1, -0.05) is 19.1 Å². The second-order valence-corrected chi connectivity index (χ2v) is 6.89. The minimum Gasteiger partial charge on any atom is -0.455 e. The number of rotatable bonds is 7. The van der Waals surface area contributed by atoms with Gasteiger partial charge in [-0.3, -0.25) is 24.5 Å². The van der Waals surface area contributed by atoms with Gasteiger partial charge in [0.1, 0.15) is 0 Å². The summed E-state index contributed by atoms with van der Waals surface area (Å²) in [6.45, 7) is 1.73. The van der Waals surface area contributed by atoms with Crippen LogP contribution in [-0.4, -0.2) is 35.9 Å². The summed E-state index contributed by atoms with van der Waals surface area (Å²) in [6, 6.07) is 12.9. The number of anilines is 2. The van der Waals surface area contributed by atoms with E-state index in [1.54, 1.807) is 4.90 Å². The van der Waals surface area contributed by atoms with E-state index in [9.17, 15) is 24.5 Å². The third kappa shape index (κ3) is 4.99. The first kappa shape index (κ1) is 21.0. The summed E-state index contributed by atoms with van der Waals surface area (Å²) in [5.74, 6) is -2.00. The molecule has 9 heteroatoms. The molecule has 30 heavy (non-hydrogen) atoms. The van der Waals surface area contributed by atoms with Gasteiger partial charge in [-0.15, -0.1) is 0 Å². The average Bonchev–Trinajstić information content (AvgIpc) is 3.14. The van der Waals surface area contributed by atoms with Gasteiger partial charge in [0.15, 0.2) is 6.61 Å². The monoisotopic (exact) mass is 411 g/mol. The molecule has 9 nitrogen and oxygen atoms in total. The molecule has 0 aromatic heterocycles. The van der Waals surface area contributed by atoms with E-state index < -0.39 is 29.3 Å². The van der Waals surface area contributed by atoms with Crippen LogP contribution in [0.15, 0.2) is 48.5 Å². The van der Waals surface area contributed by atoms with Crippen molar-refractivity contribution in [2.45, 2.75) is 19.8 Å². The molecule has 2 amide bonds.